The molecule has 15 heavy (non-hydrogen) atoms. The van der Waals surface area contributed by atoms with E-state index in [0.717, 1.165) is 0 Å². The minimum Gasteiger partial charge on any atom is -1.00 e. The SMILES string of the molecule is F[C](F)(F)[Zr+2]([C]1=CC=CC1)[C]1=CC=CC1.[H-].[H-]. The van der Waals surface area contributed by atoms with Crippen LogP contribution < -0.4 is 0 Å². The van der Waals surface area contributed by atoms with E-state index < -0.39 is 25.6 Å². The quantitative estimate of drug-likeness (QED) is 0.720. The van der Waals surface area contributed by atoms with Crippen molar-refractivity contribution in [2.75, 3.05) is 0 Å². The fourth-order valence-corrected chi connectivity index (χ4v) is 7.51. The van der Waals surface area contributed by atoms with E-state index in [9.17, 15) is 13.2 Å². The number of alkyl halides is 3. The molecule has 4 heteroatoms. The second-order valence-electron chi connectivity index (χ2n) is 3.52. The van der Waals surface area contributed by atoms with E-state index in [0.29, 0.717) is 19.4 Å². The molecular weight excluding hydrogens is 280 g/mol. The molecule has 0 amide bonds. The third-order valence-electron chi connectivity index (χ3n) is 2.47. The van der Waals surface area contributed by atoms with Gasteiger partial charge in [-0.25, -0.2) is 0 Å². The Morgan fingerprint density at radius 3 is 1.73 bits per heavy atom. The molecule has 0 spiro atoms. The fraction of sp³-hybridized carbons (Fsp3) is 0.273. The minimum absolute atomic E-state index is 0. The monoisotopic (exact) mass is 291 g/mol. The van der Waals surface area contributed by atoms with Gasteiger partial charge in [0.15, 0.2) is 0 Å². The van der Waals surface area contributed by atoms with Crippen molar-refractivity contribution in [2.24, 2.45) is 0 Å². The number of halogens is 3. The van der Waals surface area contributed by atoms with Crippen LogP contribution in [0.3, 0.4) is 0 Å². The van der Waals surface area contributed by atoms with Crippen molar-refractivity contribution >= 4 is 0 Å². The van der Waals surface area contributed by atoms with Crippen LogP contribution in [0.5, 0.6) is 0 Å². The van der Waals surface area contributed by atoms with Crippen LogP contribution in [0.4, 0.5) is 13.2 Å². The normalized spacial score (nSPS) is 19.4. The predicted molar refractivity (Wildman–Crippen MR) is 52.0 cm³/mol. The van der Waals surface area contributed by atoms with Crippen molar-refractivity contribution in [3.05, 3.63) is 43.0 Å². The molecule has 0 saturated carbocycles. The molecule has 0 aliphatic heterocycles. The third kappa shape index (κ3) is 2.42. The van der Waals surface area contributed by atoms with Crippen LogP contribution in [0.15, 0.2) is 43.0 Å². The zero-order valence-corrected chi connectivity index (χ0v) is 10.5. The summed E-state index contributed by atoms with van der Waals surface area (Å²) in [7, 11) is 0. The Morgan fingerprint density at radius 1 is 1.00 bits per heavy atom. The van der Waals surface area contributed by atoms with Crippen molar-refractivity contribution in [1.29, 1.82) is 0 Å². The van der Waals surface area contributed by atoms with Gasteiger partial charge in [-0.05, 0) is 0 Å². The number of hydrogen-bond acceptors (Lipinski definition) is 0. The first kappa shape index (κ1) is 11.1. The van der Waals surface area contributed by atoms with Crippen molar-refractivity contribution in [3.63, 3.8) is 0 Å². The zero-order valence-electron chi connectivity index (χ0n) is 10.0. The van der Waals surface area contributed by atoms with Crippen LogP contribution in [0.2, 0.25) is 0 Å². The summed E-state index contributed by atoms with van der Waals surface area (Å²) in [6, 6.07) is 0. The summed E-state index contributed by atoms with van der Waals surface area (Å²) in [6.07, 6.45) is 11.4. The van der Waals surface area contributed by atoms with E-state index in [1.54, 1.807) is 24.3 Å². The van der Waals surface area contributed by atoms with Gasteiger partial charge in [-0.3, -0.25) is 0 Å². The van der Waals surface area contributed by atoms with E-state index in [1.165, 1.54) is 0 Å². The largest absolute Gasteiger partial charge is 1.00 e. The number of rotatable bonds is 2. The standard InChI is InChI=1S/2C5H5.CF3.Zr.2H/c2*1-2-4-5-3-1;2-1(3)4;;;/h2*1-3H,4H2;;;;/q;;;+2;2*-1. The maximum Gasteiger partial charge on any atom is -1.00 e. The van der Waals surface area contributed by atoms with Gasteiger partial charge in [-0.2, -0.15) is 0 Å². The second kappa shape index (κ2) is 4.25. The topological polar surface area (TPSA) is 0 Å². The third-order valence-corrected chi connectivity index (χ3v) is 8.84. The van der Waals surface area contributed by atoms with Gasteiger partial charge in [-0.15, -0.1) is 0 Å². The van der Waals surface area contributed by atoms with E-state index in [1.807, 2.05) is 12.2 Å². The van der Waals surface area contributed by atoms with E-state index >= 15 is 0 Å². The summed E-state index contributed by atoms with van der Waals surface area (Å²) in [4.78, 5) is 0. The summed E-state index contributed by atoms with van der Waals surface area (Å²) in [5.41, 5.74) is 0. The van der Waals surface area contributed by atoms with Gasteiger partial charge in [-0.1, -0.05) is 0 Å². The Bertz CT molecular complexity index is 351. The molecule has 2 aliphatic rings. The summed E-state index contributed by atoms with van der Waals surface area (Å²) >= 11 is -3.57. The first-order valence-electron chi connectivity index (χ1n) is 4.75. The molecule has 0 N–H and O–H groups in total. The molecule has 2 aliphatic carbocycles. The fourth-order valence-electron chi connectivity index (χ4n) is 1.84. The van der Waals surface area contributed by atoms with E-state index in [-0.39, 0.29) is 2.85 Å². The molecule has 0 fully saturated rings. The molecule has 0 heterocycles. The smallest absolute Gasteiger partial charge is 1.00 e. The van der Waals surface area contributed by atoms with Crippen molar-refractivity contribution in [2.45, 2.75) is 16.7 Å². The Morgan fingerprint density at radius 2 is 1.47 bits per heavy atom. The average Bonchev–Trinajstić information content (AvgIpc) is 2.73. The molecule has 0 atom stereocenters. The van der Waals surface area contributed by atoms with Gasteiger partial charge >= 0.3 is 94.7 Å². The summed E-state index contributed by atoms with van der Waals surface area (Å²) < 4.78 is 36.3. The zero-order chi connectivity index (χ0) is 10.9. The van der Waals surface area contributed by atoms with Crippen molar-refractivity contribution < 1.29 is 37.8 Å². The minimum atomic E-state index is -3.97. The maximum atomic E-state index is 13.0. The summed E-state index contributed by atoms with van der Waals surface area (Å²) in [5, 5.41) is 0. The summed E-state index contributed by atoms with van der Waals surface area (Å²) in [6.45, 7) is 0. The van der Waals surface area contributed by atoms with Gasteiger partial charge in [0.05, 0.1) is 0 Å². The number of allylic oxidation sites excluding steroid dienone is 8. The molecule has 0 nitrogen and oxygen atoms in total. The van der Waals surface area contributed by atoms with Crippen molar-refractivity contribution in [1.82, 2.24) is 0 Å². The Balaban J connectivity index is 0.00000128. The predicted octanol–water partition coefficient (Wildman–Crippen LogP) is 4.04. The molecule has 0 saturated heterocycles. The molecule has 0 aromatic heterocycles. The van der Waals surface area contributed by atoms with Crippen LogP contribution in [-0.2, 0) is 21.8 Å². The van der Waals surface area contributed by atoms with Gasteiger partial charge in [0.1, 0.15) is 0 Å². The Labute approximate surface area is 97.5 Å². The molecule has 0 aromatic rings. The van der Waals surface area contributed by atoms with Crippen molar-refractivity contribution in [3.8, 4) is 0 Å². The van der Waals surface area contributed by atoms with Crippen LogP contribution in [0.25, 0.3) is 0 Å². The van der Waals surface area contributed by atoms with Crippen LogP contribution in [-0.4, -0.2) is 3.88 Å². The van der Waals surface area contributed by atoms with E-state index in [2.05, 4.69) is 0 Å². The molecule has 81 valence electrons. The molecule has 0 aromatic carbocycles. The van der Waals surface area contributed by atoms with Crippen LogP contribution >= 0.6 is 0 Å². The average molecular weight is 292 g/mol. The Kier molecular flexibility index (Phi) is 3.15. The molecular formula is C11H12F3Zr. The van der Waals surface area contributed by atoms with E-state index in [4.69, 9.17) is 0 Å². The molecule has 0 unspecified atom stereocenters. The Hall–Kier alpha value is -0.367. The first-order chi connectivity index (χ1) is 7.09. The summed E-state index contributed by atoms with van der Waals surface area (Å²) in [5.74, 6) is 0. The van der Waals surface area contributed by atoms with Gasteiger partial charge in [0, 0.05) is 0 Å². The van der Waals surface area contributed by atoms with Gasteiger partial charge < -0.3 is 2.85 Å². The molecule has 0 radical (unpaired) electrons. The molecule has 0 bridgehead atoms. The second-order valence-corrected chi connectivity index (χ2v) is 9.92. The first-order valence-corrected chi connectivity index (χ1v) is 8.44. The van der Waals surface area contributed by atoms with Crippen LogP contribution in [0, 0.1) is 0 Å². The molecule has 2 rings (SSSR count). The van der Waals surface area contributed by atoms with Gasteiger partial charge in [0.2, 0.25) is 0 Å². The van der Waals surface area contributed by atoms with Gasteiger partial charge in [0.25, 0.3) is 0 Å². The number of hydrogen-bond donors (Lipinski definition) is 0. The maximum absolute atomic E-state index is 13.0. The van der Waals surface area contributed by atoms with Crippen LogP contribution in [0.1, 0.15) is 15.7 Å².